The van der Waals surface area contributed by atoms with Gasteiger partial charge in [0.25, 0.3) is 0 Å². The molecule has 24 heavy (non-hydrogen) atoms. The smallest absolute Gasteiger partial charge is 0.234 e. The van der Waals surface area contributed by atoms with Crippen LogP contribution in [-0.4, -0.2) is 26.5 Å². The molecule has 2 aromatic rings. The molecule has 0 amide bonds. The average molecular weight is 343 g/mol. The maximum Gasteiger partial charge on any atom is 0.234 e. The molecule has 7 heteroatoms. The Hall–Kier alpha value is -2.30. The van der Waals surface area contributed by atoms with Gasteiger partial charge in [0.1, 0.15) is 22.0 Å². The molecule has 0 spiro atoms. The molecule has 6 nitrogen and oxygen atoms in total. The van der Waals surface area contributed by atoms with Crippen LogP contribution in [0.5, 0.6) is 11.6 Å². The van der Waals surface area contributed by atoms with E-state index in [4.69, 9.17) is 14.7 Å². The quantitative estimate of drug-likeness (QED) is 0.815. The summed E-state index contributed by atoms with van der Waals surface area (Å²) in [5, 5.41) is 28.5. The maximum absolute atomic E-state index is 11.1. The Balaban J connectivity index is 2.10. The summed E-state index contributed by atoms with van der Waals surface area (Å²) in [6.07, 6.45) is -0.774. The molecule has 2 heterocycles. The Morgan fingerprint density at radius 2 is 2.00 bits per heavy atom. The monoisotopic (exact) mass is 343 g/mol. The summed E-state index contributed by atoms with van der Waals surface area (Å²) in [6, 6.07) is 10.4. The number of benzene rings is 1. The van der Waals surface area contributed by atoms with E-state index in [1.54, 1.807) is 51.1 Å². The van der Waals surface area contributed by atoms with Crippen LogP contribution < -0.4 is 9.47 Å². The van der Waals surface area contributed by atoms with E-state index in [2.05, 4.69) is 28.9 Å². The van der Waals surface area contributed by atoms with Gasteiger partial charge < -0.3 is 14.6 Å². The van der Waals surface area contributed by atoms with E-state index in [0.29, 0.717) is 21.9 Å². The van der Waals surface area contributed by atoms with Crippen LogP contribution in [0.15, 0.2) is 35.4 Å². The van der Waals surface area contributed by atoms with E-state index in [9.17, 15) is 5.11 Å². The number of ether oxygens (including phenoxy) is 2. The molecule has 0 radical (unpaired) electrons. The van der Waals surface area contributed by atoms with Crippen molar-refractivity contribution >= 4 is 12.6 Å². The third-order valence-electron chi connectivity index (χ3n) is 4.38. The molecule has 1 aromatic carbocycles. The zero-order valence-corrected chi connectivity index (χ0v) is 14.4. The SMILES string of the molecule is CC1(C)Oc2ccc(C#N)cc2C(Oc2ccc(S)nn2)C1(C)O. The number of rotatable bonds is 2. The van der Waals surface area contributed by atoms with Crippen LogP contribution >= 0.6 is 12.6 Å². The van der Waals surface area contributed by atoms with Crippen molar-refractivity contribution in [2.75, 3.05) is 0 Å². The Bertz CT molecular complexity index is 813. The predicted octanol–water partition coefficient (Wildman–Crippen LogP) is 2.68. The molecule has 2 atom stereocenters. The van der Waals surface area contributed by atoms with Crippen molar-refractivity contribution in [2.45, 2.75) is 43.1 Å². The summed E-state index contributed by atoms with van der Waals surface area (Å²) < 4.78 is 11.9. The van der Waals surface area contributed by atoms with Crippen molar-refractivity contribution in [3.05, 3.63) is 41.5 Å². The third-order valence-corrected chi connectivity index (χ3v) is 4.62. The molecule has 0 aliphatic carbocycles. The topological polar surface area (TPSA) is 88.3 Å². The molecule has 2 unspecified atom stereocenters. The van der Waals surface area contributed by atoms with Gasteiger partial charge in [0.2, 0.25) is 5.88 Å². The van der Waals surface area contributed by atoms with Crippen molar-refractivity contribution in [1.82, 2.24) is 10.2 Å². The van der Waals surface area contributed by atoms with Gasteiger partial charge in [-0.1, -0.05) is 0 Å². The van der Waals surface area contributed by atoms with Gasteiger partial charge in [-0.15, -0.1) is 22.8 Å². The Kier molecular flexibility index (Phi) is 3.90. The van der Waals surface area contributed by atoms with Crippen LogP contribution in [-0.2, 0) is 0 Å². The lowest BCUT2D eigenvalue weighted by atomic mass is 9.77. The average Bonchev–Trinajstić information content (AvgIpc) is 2.53. The van der Waals surface area contributed by atoms with E-state index in [1.807, 2.05) is 0 Å². The number of aromatic nitrogens is 2. The van der Waals surface area contributed by atoms with E-state index in [1.165, 1.54) is 0 Å². The lowest BCUT2D eigenvalue weighted by molar-refractivity contribution is -0.175. The Labute approximate surface area is 145 Å². The predicted molar refractivity (Wildman–Crippen MR) is 89.1 cm³/mol. The first-order chi connectivity index (χ1) is 11.2. The molecule has 124 valence electrons. The zero-order chi connectivity index (χ0) is 17.5. The minimum Gasteiger partial charge on any atom is -0.484 e. The van der Waals surface area contributed by atoms with Gasteiger partial charge >= 0.3 is 0 Å². The van der Waals surface area contributed by atoms with Crippen LogP contribution in [0.4, 0.5) is 0 Å². The van der Waals surface area contributed by atoms with Crippen molar-refractivity contribution in [1.29, 1.82) is 5.26 Å². The fraction of sp³-hybridized carbons (Fsp3) is 0.353. The second kappa shape index (κ2) is 5.65. The van der Waals surface area contributed by atoms with Crippen molar-refractivity contribution in [3.8, 4) is 17.7 Å². The van der Waals surface area contributed by atoms with E-state index in [-0.39, 0.29) is 5.88 Å². The number of fused-ring (bicyclic) bond motifs is 1. The number of nitriles is 1. The summed E-state index contributed by atoms with van der Waals surface area (Å²) >= 11 is 4.10. The van der Waals surface area contributed by atoms with Crippen LogP contribution in [0.3, 0.4) is 0 Å². The molecule has 0 bridgehead atoms. The second-order valence-corrected chi connectivity index (χ2v) is 6.81. The maximum atomic E-state index is 11.1. The molecule has 0 saturated carbocycles. The molecule has 1 N–H and O–H groups in total. The van der Waals surface area contributed by atoms with E-state index < -0.39 is 17.3 Å². The highest BCUT2D eigenvalue weighted by molar-refractivity contribution is 7.80. The van der Waals surface area contributed by atoms with Gasteiger partial charge in [-0.2, -0.15) is 5.26 Å². The fourth-order valence-electron chi connectivity index (χ4n) is 2.59. The largest absolute Gasteiger partial charge is 0.484 e. The molecule has 3 rings (SSSR count). The standard InChI is InChI=1S/C17H17N3O3S/c1-16(2)17(3,21)15(22-13-6-7-14(24)20-19-13)11-8-10(9-18)4-5-12(11)23-16/h4-8,15,21H,1-3H3,(H,20,24). The molecule has 1 aliphatic heterocycles. The van der Waals surface area contributed by atoms with E-state index >= 15 is 0 Å². The van der Waals surface area contributed by atoms with Gasteiger partial charge in [0, 0.05) is 11.6 Å². The number of nitrogens with zero attached hydrogens (tertiary/aromatic N) is 3. The highest BCUT2D eigenvalue weighted by Crippen LogP contribution is 2.48. The highest BCUT2D eigenvalue weighted by Gasteiger charge is 2.54. The summed E-state index contributed by atoms with van der Waals surface area (Å²) in [7, 11) is 0. The minimum atomic E-state index is -1.37. The van der Waals surface area contributed by atoms with E-state index in [0.717, 1.165) is 0 Å². The van der Waals surface area contributed by atoms with Crippen molar-refractivity contribution in [3.63, 3.8) is 0 Å². The number of aliphatic hydroxyl groups is 1. The molecule has 0 fully saturated rings. The number of hydrogen-bond acceptors (Lipinski definition) is 7. The van der Waals surface area contributed by atoms with Crippen LogP contribution in [0.25, 0.3) is 0 Å². The number of thiol groups is 1. The van der Waals surface area contributed by atoms with Crippen LogP contribution in [0, 0.1) is 11.3 Å². The van der Waals surface area contributed by atoms with Gasteiger partial charge in [-0.05, 0) is 45.0 Å². The molecule has 1 aliphatic rings. The first-order valence-corrected chi connectivity index (χ1v) is 7.84. The normalized spacial score (nSPS) is 24.4. The van der Waals surface area contributed by atoms with Gasteiger partial charge in [0.15, 0.2) is 6.10 Å². The molecular formula is C17H17N3O3S. The zero-order valence-electron chi connectivity index (χ0n) is 13.5. The third kappa shape index (κ3) is 2.68. The lowest BCUT2D eigenvalue weighted by Gasteiger charge is -2.48. The molecule has 1 aromatic heterocycles. The highest BCUT2D eigenvalue weighted by atomic mass is 32.1. The Morgan fingerprint density at radius 1 is 1.25 bits per heavy atom. The van der Waals surface area contributed by atoms with Crippen molar-refractivity contribution < 1.29 is 14.6 Å². The molecular weight excluding hydrogens is 326 g/mol. The van der Waals surface area contributed by atoms with Crippen LogP contribution in [0.2, 0.25) is 0 Å². The summed E-state index contributed by atoms with van der Waals surface area (Å²) in [5.41, 5.74) is -1.22. The minimum absolute atomic E-state index is 0.254. The second-order valence-electron chi connectivity index (χ2n) is 6.35. The lowest BCUT2D eigenvalue weighted by Crippen LogP contribution is -2.59. The van der Waals surface area contributed by atoms with Gasteiger partial charge in [0.05, 0.1) is 11.6 Å². The Morgan fingerprint density at radius 3 is 2.62 bits per heavy atom. The van der Waals surface area contributed by atoms with Gasteiger partial charge in [-0.3, -0.25) is 0 Å². The first-order valence-electron chi connectivity index (χ1n) is 7.39. The van der Waals surface area contributed by atoms with Crippen molar-refractivity contribution in [2.24, 2.45) is 0 Å². The summed E-state index contributed by atoms with van der Waals surface area (Å²) in [5.74, 6) is 0.818. The summed E-state index contributed by atoms with van der Waals surface area (Å²) in [6.45, 7) is 5.21. The first kappa shape index (κ1) is 16.6. The number of hydrogen-bond donors (Lipinski definition) is 2. The fourth-order valence-corrected chi connectivity index (χ4v) is 2.71. The van der Waals surface area contributed by atoms with Crippen LogP contribution in [0.1, 0.15) is 38.0 Å². The molecule has 0 saturated heterocycles. The summed E-state index contributed by atoms with van der Waals surface area (Å²) in [4.78, 5) is 0. The van der Waals surface area contributed by atoms with Gasteiger partial charge in [-0.25, -0.2) is 0 Å².